The summed E-state index contributed by atoms with van der Waals surface area (Å²) in [4.78, 5) is 11.8. The Bertz CT molecular complexity index is 576. The maximum Gasteiger partial charge on any atom is 0.333 e. The zero-order chi connectivity index (χ0) is 14.9. The van der Waals surface area contributed by atoms with Crippen molar-refractivity contribution in [2.24, 2.45) is 0 Å². The van der Waals surface area contributed by atoms with E-state index in [1.807, 2.05) is 13.8 Å². The third kappa shape index (κ3) is 2.51. The van der Waals surface area contributed by atoms with Crippen molar-refractivity contribution < 1.29 is 14.3 Å². The van der Waals surface area contributed by atoms with E-state index in [0.29, 0.717) is 13.2 Å². The summed E-state index contributed by atoms with van der Waals surface area (Å²) in [7, 11) is 0. The van der Waals surface area contributed by atoms with Gasteiger partial charge in [-0.05, 0) is 50.7 Å². The molecule has 1 aromatic rings. The number of carbonyl (C=O) groups excluding carboxylic acids is 1. The van der Waals surface area contributed by atoms with E-state index in [1.54, 1.807) is 0 Å². The highest BCUT2D eigenvalue weighted by atomic mass is 16.5. The largest absolute Gasteiger partial charge is 0.463 e. The van der Waals surface area contributed by atoms with Gasteiger partial charge in [-0.25, -0.2) is 4.79 Å². The van der Waals surface area contributed by atoms with Crippen LogP contribution in [0, 0.1) is 0 Å². The number of fused-ring (bicyclic) bond motifs is 2. The molecule has 112 valence electrons. The molecule has 0 saturated heterocycles. The molecule has 1 saturated carbocycles. The number of carbonyl (C=O) groups is 1. The lowest BCUT2D eigenvalue weighted by Crippen LogP contribution is -2.29. The van der Waals surface area contributed by atoms with E-state index in [2.05, 4.69) is 24.3 Å². The Labute approximate surface area is 125 Å². The van der Waals surface area contributed by atoms with Gasteiger partial charge in [0.1, 0.15) is 0 Å². The fraction of sp³-hybridized carbons (Fsp3) is 0.500. The van der Waals surface area contributed by atoms with Crippen LogP contribution in [0.25, 0.3) is 0 Å². The van der Waals surface area contributed by atoms with Crippen LogP contribution in [0.15, 0.2) is 35.4 Å². The van der Waals surface area contributed by atoms with Gasteiger partial charge in [-0.15, -0.1) is 0 Å². The number of allylic oxidation sites excluding steroid dienone is 1. The average molecular weight is 286 g/mol. The van der Waals surface area contributed by atoms with Crippen LogP contribution in [-0.2, 0) is 26.5 Å². The maximum absolute atomic E-state index is 11.8. The second-order valence-electron chi connectivity index (χ2n) is 5.89. The summed E-state index contributed by atoms with van der Waals surface area (Å²) in [6.45, 7) is 4.87. The molecule has 1 fully saturated rings. The van der Waals surface area contributed by atoms with Crippen LogP contribution in [0.5, 0.6) is 0 Å². The lowest BCUT2D eigenvalue weighted by atomic mass is 9.76. The quantitative estimate of drug-likeness (QED) is 0.611. The Morgan fingerprint density at radius 1 is 1.29 bits per heavy atom. The Hall–Kier alpha value is -1.61. The van der Waals surface area contributed by atoms with Gasteiger partial charge in [0.05, 0.1) is 18.8 Å². The van der Waals surface area contributed by atoms with Crippen molar-refractivity contribution in [2.75, 3.05) is 6.61 Å². The van der Waals surface area contributed by atoms with E-state index in [4.69, 9.17) is 9.47 Å². The smallest absolute Gasteiger partial charge is 0.333 e. The van der Waals surface area contributed by atoms with Crippen molar-refractivity contribution in [2.45, 2.75) is 51.7 Å². The second-order valence-corrected chi connectivity index (χ2v) is 5.89. The molecule has 2 aliphatic rings. The first kappa shape index (κ1) is 14.3. The fourth-order valence-electron chi connectivity index (χ4n) is 3.51. The summed E-state index contributed by atoms with van der Waals surface area (Å²) in [6, 6.07) is 8.50. The molecule has 3 rings (SSSR count). The third-order valence-corrected chi connectivity index (χ3v) is 4.79. The fourth-order valence-corrected chi connectivity index (χ4v) is 3.51. The van der Waals surface area contributed by atoms with Gasteiger partial charge in [0.15, 0.2) is 0 Å². The Morgan fingerprint density at radius 2 is 2.00 bits per heavy atom. The van der Waals surface area contributed by atoms with Crippen molar-refractivity contribution >= 4 is 5.97 Å². The molecule has 1 aromatic carbocycles. The number of hydrogen-bond acceptors (Lipinski definition) is 3. The molecule has 1 aliphatic heterocycles. The number of hydrogen-bond donors (Lipinski definition) is 0. The van der Waals surface area contributed by atoms with E-state index in [9.17, 15) is 4.79 Å². The first-order valence-corrected chi connectivity index (χ1v) is 7.74. The minimum absolute atomic E-state index is 0.130. The highest BCUT2D eigenvalue weighted by Crippen LogP contribution is 2.48. The Balaban J connectivity index is 1.77. The van der Waals surface area contributed by atoms with Gasteiger partial charge in [0, 0.05) is 5.57 Å². The van der Waals surface area contributed by atoms with Crippen LogP contribution in [0.4, 0.5) is 0 Å². The van der Waals surface area contributed by atoms with E-state index in [0.717, 1.165) is 31.3 Å². The molecule has 0 amide bonds. The lowest BCUT2D eigenvalue weighted by Gasteiger charge is -2.35. The van der Waals surface area contributed by atoms with Crippen molar-refractivity contribution in [3.63, 3.8) is 0 Å². The van der Waals surface area contributed by atoms with E-state index < -0.39 is 0 Å². The molecule has 1 heterocycles. The number of ether oxygens (including phenoxy) is 2. The van der Waals surface area contributed by atoms with Gasteiger partial charge < -0.3 is 9.47 Å². The van der Waals surface area contributed by atoms with Crippen LogP contribution in [0.2, 0.25) is 0 Å². The van der Waals surface area contributed by atoms with E-state index in [1.165, 1.54) is 16.7 Å². The van der Waals surface area contributed by atoms with Gasteiger partial charge >= 0.3 is 5.97 Å². The minimum atomic E-state index is -0.170. The maximum atomic E-state index is 11.8. The molecule has 0 atom stereocenters. The molecule has 1 aliphatic carbocycles. The topological polar surface area (TPSA) is 35.5 Å². The van der Waals surface area contributed by atoms with Crippen LogP contribution < -0.4 is 0 Å². The van der Waals surface area contributed by atoms with Gasteiger partial charge in [-0.1, -0.05) is 29.8 Å². The molecule has 0 N–H and O–H groups in total. The standard InChI is InChI=1S/C18H22O3/c1-3-20-17(19)13(2)14-8-10-18(11-9-14)16-7-5-4-6-15(16)12-21-18/h4-7H,3,8-12H2,1-2H3. The van der Waals surface area contributed by atoms with Crippen LogP contribution in [0.1, 0.15) is 50.7 Å². The summed E-state index contributed by atoms with van der Waals surface area (Å²) >= 11 is 0. The van der Waals surface area contributed by atoms with Crippen molar-refractivity contribution in [1.29, 1.82) is 0 Å². The van der Waals surface area contributed by atoms with Crippen molar-refractivity contribution in [3.05, 3.63) is 46.5 Å². The summed E-state index contributed by atoms with van der Waals surface area (Å²) < 4.78 is 11.3. The molecule has 1 spiro atoms. The summed E-state index contributed by atoms with van der Waals surface area (Å²) in [5.74, 6) is -0.170. The molecular formula is C18H22O3. The predicted molar refractivity (Wildman–Crippen MR) is 80.7 cm³/mol. The zero-order valence-corrected chi connectivity index (χ0v) is 12.8. The van der Waals surface area contributed by atoms with E-state index in [-0.39, 0.29) is 11.6 Å². The monoisotopic (exact) mass is 286 g/mol. The third-order valence-electron chi connectivity index (χ3n) is 4.79. The number of rotatable bonds is 2. The first-order chi connectivity index (χ1) is 10.2. The number of benzene rings is 1. The van der Waals surface area contributed by atoms with Crippen molar-refractivity contribution in [1.82, 2.24) is 0 Å². The van der Waals surface area contributed by atoms with Crippen LogP contribution in [0.3, 0.4) is 0 Å². The highest BCUT2D eigenvalue weighted by molar-refractivity contribution is 5.88. The van der Waals surface area contributed by atoms with Gasteiger partial charge in [0.2, 0.25) is 0 Å². The normalized spacial score (nSPS) is 24.0. The molecular weight excluding hydrogens is 264 g/mol. The van der Waals surface area contributed by atoms with E-state index >= 15 is 0 Å². The number of esters is 1. The Morgan fingerprint density at radius 3 is 2.71 bits per heavy atom. The second kappa shape index (κ2) is 5.64. The lowest BCUT2D eigenvalue weighted by molar-refractivity contribution is -0.138. The summed E-state index contributed by atoms with van der Waals surface area (Å²) in [5, 5.41) is 0. The molecule has 0 unspecified atom stereocenters. The zero-order valence-electron chi connectivity index (χ0n) is 12.8. The Kier molecular flexibility index (Phi) is 3.85. The SMILES string of the molecule is CCOC(=O)C(C)=C1CCC2(CC1)OCc1ccccc12. The summed E-state index contributed by atoms with van der Waals surface area (Å²) in [6.07, 6.45) is 3.74. The average Bonchev–Trinajstić information content (AvgIpc) is 2.87. The van der Waals surface area contributed by atoms with Gasteiger partial charge in [-0.3, -0.25) is 0 Å². The minimum Gasteiger partial charge on any atom is -0.463 e. The van der Waals surface area contributed by atoms with Crippen molar-refractivity contribution in [3.8, 4) is 0 Å². The molecule has 3 nitrogen and oxygen atoms in total. The predicted octanol–water partition coefficient (Wildman–Crippen LogP) is 3.87. The molecule has 0 bridgehead atoms. The summed E-state index contributed by atoms with van der Waals surface area (Å²) in [5.41, 5.74) is 4.55. The van der Waals surface area contributed by atoms with Gasteiger partial charge in [0.25, 0.3) is 0 Å². The van der Waals surface area contributed by atoms with Crippen LogP contribution in [-0.4, -0.2) is 12.6 Å². The molecule has 0 radical (unpaired) electrons. The molecule has 0 aromatic heterocycles. The highest BCUT2D eigenvalue weighted by Gasteiger charge is 2.42. The molecule has 21 heavy (non-hydrogen) atoms. The van der Waals surface area contributed by atoms with Gasteiger partial charge in [-0.2, -0.15) is 0 Å². The first-order valence-electron chi connectivity index (χ1n) is 7.74. The van der Waals surface area contributed by atoms with Crippen LogP contribution >= 0.6 is 0 Å². The molecule has 3 heteroatoms.